The Kier molecular flexibility index (Phi) is 26.6. The van der Waals surface area contributed by atoms with Crippen LogP contribution in [0.4, 0.5) is 34.9 Å². The number of anilines is 6. The summed E-state index contributed by atoms with van der Waals surface area (Å²) in [6, 6.07) is 0. The fourth-order valence-corrected chi connectivity index (χ4v) is 19.0. The van der Waals surface area contributed by atoms with E-state index < -0.39 is 255 Å². The van der Waals surface area contributed by atoms with Crippen molar-refractivity contribution < 1.29 is 131 Å². The van der Waals surface area contributed by atoms with E-state index in [0.717, 1.165) is 46.0 Å². The molecule has 0 amide bonds. The number of nitrogens with two attached hydrogens (primary N) is 6. The van der Waals surface area contributed by atoms with E-state index in [1.54, 1.807) is 6.92 Å². The second-order valence-electron chi connectivity index (χ2n) is 28.2. The van der Waals surface area contributed by atoms with Crippen molar-refractivity contribution >= 4 is 74.0 Å². The number of ether oxygens (including phenoxy) is 6. The highest BCUT2D eigenvalue weighted by Gasteiger charge is 2.51. The number of phosphoric ester groups is 5. The molecule has 0 saturated carbocycles. The molecule has 0 radical (unpaired) electrons. The normalized spacial score (nSPS) is 30.6. The first-order valence-corrected chi connectivity index (χ1v) is 42.9. The number of hydrogen-bond acceptors (Lipinski definition) is 41. The van der Waals surface area contributed by atoms with Gasteiger partial charge in [0.1, 0.15) is 71.5 Å². The third-order valence-corrected chi connectivity index (χ3v) is 24.6. The van der Waals surface area contributed by atoms with Gasteiger partial charge in [-0.05, 0) is 41.5 Å². The van der Waals surface area contributed by atoms with Gasteiger partial charge in [0.25, 0.3) is 0 Å². The minimum atomic E-state index is -5.76. The third-order valence-electron chi connectivity index (χ3n) is 19.1. The second-order valence-corrected chi connectivity index (χ2v) is 35.0. The van der Waals surface area contributed by atoms with E-state index >= 15 is 0 Å². The van der Waals surface area contributed by atoms with Crippen molar-refractivity contribution in [3.05, 3.63) is 133 Å². The monoisotopic (exact) mass is 1760 g/mol. The van der Waals surface area contributed by atoms with E-state index in [-0.39, 0.29) is 63.8 Å². The van der Waals surface area contributed by atoms with Gasteiger partial charge in [0.15, 0.2) is 37.4 Å². The van der Waals surface area contributed by atoms with Crippen molar-refractivity contribution in [2.45, 2.75) is 191 Å². The van der Waals surface area contributed by atoms with Gasteiger partial charge in [-0.2, -0.15) is 29.9 Å². The minimum absolute atomic E-state index is 0.0776. The van der Waals surface area contributed by atoms with Crippen molar-refractivity contribution in [2.24, 2.45) is 0 Å². The highest BCUT2D eigenvalue weighted by Crippen LogP contribution is 2.58. The molecule has 19 N–H and O–H groups in total. The van der Waals surface area contributed by atoms with Gasteiger partial charge in [0, 0.05) is 109 Å². The molecule has 6 aromatic rings. The van der Waals surface area contributed by atoms with Crippen LogP contribution in [0.1, 0.15) is 109 Å². The van der Waals surface area contributed by atoms with Gasteiger partial charge in [-0.1, -0.05) is 0 Å². The van der Waals surface area contributed by atoms with Crippen LogP contribution in [0, 0.1) is 41.5 Å². The maximum absolute atomic E-state index is 14.7. The van der Waals surface area contributed by atoms with Crippen LogP contribution in [0.3, 0.4) is 0 Å². The molecular weight excluding hydrogens is 1670 g/mol. The Hall–Kier alpha value is -7.69. The summed E-state index contributed by atoms with van der Waals surface area (Å²) in [5, 5.41) is 21.6. The van der Waals surface area contributed by atoms with E-state index in [2.05, 4.69) is 29.9 Å². The molecule has 0 bridgehead atoms. The highest BCUT2D eigenvalue weighted by molar-refractivity contribution is 7.48. The van der Waals surface area contributed by atoms with Crippen molar-refractivity contribution in [3.63, 3.8) is 0 Å². The number of aliphatic hydroxyl groups is 2. The fourth-order valence-electron chi connectivity index (χ4n) is 13.5. The summed E-state index contributed by atoms with van der Waals surface area (Å²) in [7, 11) is -28.0. The zero-order chi connectivity index (χ0) is 85.0. The summed E-state index contributed by atoms with van der Waals surface area (Å²) < 4.78 is 168. The molecular formula is C60H85N18O34P5. The molecule has 5 unspecified atom stereocenters. The molecule has 6 aliphatic heterocycles. The lowest BCUT2D eigenvalue weighted by atomic mass is 10.1. The van der Waals surface area contributed by atoms with Crippen LogP contribution in [0.25, 0.3) is 0 Å². The van der Waals surface area contributed by atoms with Crippen LogP contribution in [-0.4, -0.2) is 205 Å². The number of aryl methyl sites for hydroxylation is 6. The summed E-state index contributed by atoms with van der Waals surface area (Å²) in [5.74, 6) is -1.13. The van der Waals surface area contributed by atoms with Gasteiger partial charge in [0.05, 0.1) is 76.3 Å². The lowest BCUT2D eigenvalue weighted by molar-refractivity contribution is -0.174. The zero-order valence-electron chi connectivity index (χ0n) is 62.6. The SMILES string of the molecule is Cc1cn([C@@H]2OC[C@@H](OP(=O)(O)O[C@@H]3C[C@H](OP(=O)(O)O[C@@H]4C[C@H](OP(=O)(O)O[C@@H]5C[C@H](OP(=O)(O)O[C@@H]6C[C@H](OP(=O)(O)O[C@@H]7C[C@H](O)CO[C@H]7n7cc(C)c(N)nc7=O)CO[C@H]6n6cc(C)c(N)nc6=O)CO[C@H]5n5cc(C)c(N)nc5=O)CO[C@H]4n4cc(C)c(N)nc4=O)CO[C@H]3n3cc(C)c(N)nc3=O)C[C@H]2O)c(=O)nc1N. The van der Waals surface area contributed by atoms with Gasteiger partial charge in [0.2, 0.25) is 0 Å². The first kappa shape index (κ1) is 88.6. The number of nitrogens with zero attached hydrogens (tertiary/aromatic N) is 12. The summed E-state index contributed by atoms with van der Waals surface area (Å²) >= 11 is 0. The second kappa shape index (κ2) is 35.2. The summed E-state index contributed by atoms with van der Waals surface area (Å²) in [5.41, 5.74) is 30.4. The highest BCUT2D eigenvalue weighted by atomic mass is 31.2. The van der Waals surface area contributed by atoms with Gasteiger partial charge in [-0.25, -0.2) is 51.6 Å². The number of aromatic nitrogens is 12. The number of aliphatic hydroxyl groups excluding tert-OH is 2. The van der Waals surface area contributed by atoms with E-state index in [1.807, 2.05) is 0 Å². The van der Waals surface area contributed by atoms with Crippen LogP contribution in [0.15, 0.2) is 65.9 Å². The van der Waals surface area contributed by atoms with Crippen molar-refractivity contribution in [1.29, 1.82) is 0 Å². The molecule has 52 nitrogen and oxygen atoms in total. The minimum Gasteiger partial charge on any atom is -0.391 e. The number of hydrogen-bond donors (Lipinski definition) is 13. The molecule has 117 heavy (non-hydrogen) atoms. The standard InChI is InChI=1S/C60H85N18O34P5/c1-25-13-73(55(81)67-43(25)61)49-37(80)8-32(20-98-49)103-113(87,88)109-39-10-34(22-100-51(39)75-15-27(3)45(63)69-57(75)83)105-115(91,92)111-41-12-36(24-102-53(41)77-17-29(5)47(65)71-59(77)85)107-117(95,96)112-42-11-35(23-101-54(42)78-18-30(6)48(66)72-60(78)86)106-116(93,94)110-40-9-33(21-99-52(40)76-16-28(4)46(64)70-58(76)84)104-114(89,90)108-38-7-31(79)19-97-50(38)74-14-26(2)44(62)68-56(74)82/h13-18,31-42,49-54,79-80H,7-12,19-24H2,1-6H3,(H,87,88)(H,89,90)(H,91,92)(H,93,94)(H,95,96)(H2,61,67,81)(H2,62,68,82)(H2,63,69,83)(H2,64,70,84)(H2,65,71,85)(H2,66,72,86)/t31-,32-,33-,34-,35-,36-,37+,38+,39+,40+,41+,42+,49+,50+,51+,52+,53+,54+/m0/s1. The molecule has 6 saturated heterocycles. The largest absolute Gasteiger partial charge is 0.472 e. The number of rotatable bonds is 26. The number of phosphoric acid groups is 5. The lowest BCUT2D eigenvalue weighted by Gasteiger charge is -2.40. The quantitative estimate of drug-likeness (QED) is 0.0274. The molecule has 57 heteroatoms. The first-order chi connectivity index (χ1) is 54.8. The van der Waals surface area contributed by atoms with Gasteiger partial charge in [-0.3, -0.25) is 72.6 Å². The first-order valence-electron chi connectivity index (χ1n) is 35.4. The maximum atomic E-state index is 14.7. The average Bonchev–Trinajstić information content (AvgIpc) is 0.755. The van der Waals surface area contributed by atoms with Crippen LogP contribution in [0.2, 0.25) is 0 Å². The molecule has 0 spiro atoms. The Morgan fingerprint density at radius 1 is 0.299 bits per heavy atom. The van der Waals surface area contributed by atoms with E-state index in [4.69, 9.17) is 108 Å². The van der Waals surface area contributed by atoms with E-state index in [1.165, 1.54) is 53.2 Å². The molecule has 12 heterocycles. The Labute approximate surface area is 658 Å². The van der Waals surface area contributed by atoms with Gasteiger partial charge >= 0.3 is 73.3 Å². The van der Waals surface area contributed by atoms with E-state index in [0.29, 0.717) is 11.1 Å². The van der Waals surface area contributed by atoms with E-state index in [9.17, 15) is 86.3 Å². The van der Waals surface area contributed by atoms with Gasteiger partial charge < -0.3 is 97.5 Å². The Morgan fingerprint density at radius 3 is 0.692 bits per heavy atom. The predicted molar refractivity (Wildman–Crippen MR) is 393 cm³/mol. The molecule has 6 aromatic heterocycles. The van der Waals surface area contributed by atoms with Crippen molar-refractivity contribution in [2.75, 3.05) is 74.0 Å². The van der Waals surface area contributed by atoms with Crippen molar-refractivity contribution in [3.8, 4) is 0 Å². The predicted octanol–water partition coefficient (Wildman–Crippen LogP) is -1.54. The molecule has 23 atom stereocenters. The summed E-state index contributed by atoms with van der Waals surface area (Å²) in [4.78, 5) is 160. The Balaban J connectivity index is 0.759. The molecule has 12 rings (SSSR count). The van der Waals surface area contributed by atoms with Gasteiger partial charge in [-0.15, -0.1) is 0 Å². The Morgan fingerprint density at radius 2 is 0.479 bits per heavy atom. The molecule has 644 valence electrons. The Bertz CT molecular complexity index is 5370. The zero-order valence-corrected chi connectivity index (χ0v) is 67.0. The summed E-state index contributed by atoms with van der Waals surface area (Å²) in [6.45, 7) is 4.97. The average molecular weight is 1760 g/mol. The van der Waals surface area contributed by atoms with Crippen LogP contribution in [0.5, 0.6) is 0 Å². The van der Waals surface area contributed by atoms with Crippen LogP contribution < -0.4 is 68.5 Å². The third kappa shape index (κ3) is 21.2. The fraction of sp³-hybridized carbons (Fsp3) is 0.600. The topological polar surface area (TPSA) is 740 Å². The molecule has 0 aliphatic carbocycles. The molecule has 0 aromatic carbocycles. The lowest BCUT2D eigenvalue weighted by Crippen LogP contribution is -2.46. The van der Waals surface area contributed by atoms with Crippen molar-refractivity contribution in [1.82, 2.24) is 57.3 Å². The van der Waals surface area contributed by atoms with Crippen LogP contribution >= 0.6 is 39.1 Å². The smallest absolute Gasteiger partial charge is 0.391 e. The maximum Gasteiger partial charge on any atom is 0.472 e. The summed E-state index contributed by atoms with van der Waals surface area (Å²) in [6.07, 6.45) is -27.1. The van der Waals surface area contributed by atoms with Crippen LogP contribution in [-0.2, 0) is 96.5 Å². The molecule has 6 fully saturated rings. The molecule has 6 aliphatic rings. The number of nitrogen functional groups attached to an aromatic ring is 6.